The van der Waals surface area contributed by atoms with Crippen molar-refractivity contribution in [2.45, 2.75) is 32.7 Å². The molecular weight excluding hydrogens is 222 g/mol. The van der Waals surface area contributed by atoms with E-state index in [-0.39, 0.29) is 11.9 Å². The Labute approximate surface area is 108 Å². The molecule has 2 aromatic rings. The number of benzene rings is 2. The molecule has 1 N–H and O–H groups in total. The SMILES string of the molecule is CCC[C@H](NC(C)=O)c1cccc2ccccc12. The van der Waals surface area contributed by atoms with Gasteiger partial charge in [0.2, 0.25) is 5.91 Å². The normalized spacial score (nSPS) is 12.3. The molecule has 0 heterocycles. The molecule has 0 spiro atoms. The molecule has 1 atom stereocenters. The highest BCUT2D eigenvalue weighted by Gasteiger charge is 2.13. The second-order valence-electron chi connectivity index (χ2n) is 4.61. The number of rotatable bonds is 4. The lowest BCUT2D eigenvalue weighted by Crippen LogP contribution is -2.26. The van der Waals surface area contributed by atoms with Crippen molar-refractivity contribution in [2.75, 3.05) is 0 Å². The molecule has 0 aliphatic heterocycles. The first-order chi connectivity index (χ1) is 8.72. The van der Waals surface area contributed by atoms with Crippen LogP contribution in [-0.2, 0) is 4.79 Å². The lowest BCUT2D eigenvalue weighted by molar-refractivity contribution is -0.119. The van der Waals surface area contributed by atoms with Crippen molar-refractivity contribution in [1.29, 1.82) is 0 Å². The van der Waals surface area contributed by atoms with Crippen LogP contribution in [0, 0.1) is 0 Å². The molecule has 0 bridgehead atoms. The molecule has 1 amide bonds. The van der Waals surface area contributed by atoms with Gasteiger partial charge in [-0.05, 0) is 22.8 Å². The molecule has 0 aliphatic carbocycles. The minimum Gasteiger partial charge on any atom is -0.350 e. The number of fused-ring (bicyclic) bond motifs is 1. The average molecular weight is 241 g/mol. The highest BCUT2D eigenvalue weighted by molar-refractivity contribution is 5.86. The summed E-state index contributed by atoms with van der Waals surface area (Å²) in [5.41, 5.74) is 1.21. The van der Waals surface area contributed by atoms with Crippen molar-refractivity contribution < 1.29 is 4.79 Å². The molecule has 0 unspecified atom stereocenters. The summed E-state index contributed by atoms with van der Waals surface area (Å²) < 4.78 is 0. The van der Waals surface area contributed by atoms with E-state index in [0.717, 1.165) is 12.8 Å². The molecule has 0 aromatic heterocycles. The van der Waals surface area contributed by atoms with Gasteiger partial charge in [-0.2, -0.15) is 0 Å². The van der Waals surface area contributed by atoms with Crippen molar-refractivity contribution in [3.8, 4) is 0 Å². The fraction of sp³-hybridized carbons (Fsp3) is 0.312. The van der Waals surface area contributed by atoms with Gasteiger partial charge in [-0.3, -0.25) is 4.79 Å². The van der Waals surface area contributed by atoms with E-state index >= 15 is 0 Å². The van der Waals surface area contributed by atoms with Crippen molar-refractivity contribution >= 4 is 16.7 Å². The van der Waals surface area contributed by atoms with Gasteiger partial charge in [0.25, 0.3) is 0 Å². The van der Waals surface area contributed by atoms with Crippen LogP contribution in [0.15, 0.2) is 42.5 Å². The standard InChI is InChI=1S/C16H19NO/c1-3-7-16(17-12(2)18)15-11-6-9-13-8-4-5-10-14(13)15/h4-6,8-11,16H,3,7H2,1-2H3,(H,17,18)/t16-/m0/s1. The third-order valence-electron chi connectivity index (χ3n) is 3.15. The molecule has 2 heteroatoms. The van der Waals surface area contributed by atoms with E-state index in [9.17, 15) is 4.79 Å². The van der Waals surface area contributed by atoms with Crippen LogP contribution in [0.4, 0.5) is 0 Å². The van der Waals surface area contributed by atoms with Crippen LogP contribution in [0.3, 0.4) is 0 Å². The molecule has 0 saturated carbocycles. The monoisotopic (exact) mass is 241 g/mol. The van der Waals surface area contributed by atoms with Crippen LogP contribution >= 0.6 is 0 Å². The van der Waals surface area contributed by atoms with Crippen molar-refractivity contribution in [2.24, 2.45) is 0 Å². The minimum absolute atomic E-state index is 0.0291. The highest BCUT2D eigenvalue weighted by atomic mass is 16.1. The summed E-state index contributed by atoms with van der Waals surface area (Å²) >= 11 is 0. The van der Waals surface area contributed by atoms with E-state index < -0.39 is 0 Å². The maximum Gasteiger partial charge on any atom is 0.217 e. The first kappa shape index (κ1) is 12.6. The van der Waals surface area contributed by atoms with Gasteiger partial charge in [0, 0.05) is 6.92 Å². The summed E-state index contributed by atoms with van der Waals surface area (Å²) in [6.45, 7) is 3.72. The van der Waals surface area contributed by atoms with E-state index in [0.29, 0.717) is 0 Å². The maximum atomic E-state index is 11.3. The number of carbonyl (C=O) groups is 1. The summed E-state index contributed by atoms with van der Waals surface area (Å²) in [4.78, 5) is 11.3. The van der Waals surface area contributed by atoms with Crippen LogP contribution in [0.25, 0.3) is 10.8 Å². The molecule has 0 aliphatic rings. The van der Waals surface area contributed by atoms with Crippen LogP contribution in [-0.4, -0.2) is 5.91 Å². The number of carbonyl (C=O) groups excluding carboxylic acids is 1. The van der Waals surface area contributed by atoms with Gasteiger partial charge >= 0.3 is 0 Å². The van der Waals surface area contributed by atoms with E-state index in [1.54, 1.807) is 6.92 Å². The largest absolute Gasteiger partial charge is 0.350 e. The summed E-state index contributed by atoms with van der Waals surface area (Å²) in [5.74, 6) is 0.0291. The molecule has 0 saturated heterocycles. The average Bonchev–Trinajstić information content (AvgIpc) is 2.37. The fourth-order valence-electron chi connectivity index (χ4n) is 2.39. The maximum absolute atomic E-state index is 11.3. The first-order valence-corrected chi connectivity index (χ1v) is 6.47. The zero-order chi connectivity index (χ0) is 13.0. The molecular formula is C16H19NO. The van der Waals surface area contributed by atoms with Gasteiger partial charge in [0.15, 0.2) is 0 Å². The van der Waals surface area contributed by atoms with Crippen LogP contribution < -0.4 is 5.32 Å². The number of hydrogen-bond acceptors (Lipinski definition) is 1. The van der Waals surface area contributed by atoms with Crippen molar-refractivity contribution in [1.82, 2.24) is 5.32 Å². The highest BCUT2D eigenvalue weighted by Crippen LogP contribution is 2.27. The molecule has 2 nitrogen and oxygen atoms in total. The molecule has 2 rings (SSSR count). The first-order valence-electron chi connectivity index (χ1n) is 6.47. The summed E-state index contributed by atoms with van der Waals surface area (Å²) in [5, 5.41) is 5.50. The Morgan fingerprint density at radius 1 is 1.17 bits per heavy atom. The van der Waals surface area contributed by atoms with Gasteiger partial charge < -0.3 is 5.32 Å². The fourth-order valence-corrected chi connectivity index (χ4v) is 2.39. The van der Waals surface area contributed by atoms with Gasteiger partial charge in [0.05, 0.1) is 6.04 Å². The molecule has 94 valence electrons. The van der Waals surface area contributed by atoms with E-state index in [1.165, 1.54) is 16.3 Å². The predicted molar refractivity (Wildman–Crippen MR) is 75.4 cm³/mol. The molecule has 0 fully saturated rings. The van der Waals surface area contributed by atoms with Crippen LogP contribution in [0.2, 0.25) is 0 Å². The third-order valence-corrected chi connectivity index (χ3v) is 3.15. The Balaban J connectivity index is 2.46. The third kappa shape index (κ3) is 2.70. The number of hydrogen-bond donors (Lipinski definition) is 1. The van der Waals surface area contributed by atoms with Gasteiger partial charge in [-0.1, -0.05) is 55.8 Å². The summed E-state index contributed by atoms with van der Waals surface area (Å²) in [7, 11) is 0. The van der Waals surface area contributed by atoms with Crippen LogP contribution in [0.5, 0.6) is 0 Å². The Hall–Kier alpha value is -1.83. The van der Waals surface area contributed by atoms with Gasteiger partial charge in [-0.15, -0.1) is 0 Å². The Kier molecular flexibility index (Phi) is 3.98. The molecule has 18 heavy (non-hydrogen) atoms. The van der Waals surface area contributed by atoms with Crippen molar-refractivity contribution in [3.63, 3.8) is 0 Å². The van der Waals surface area contributed by atoms with Crippen molar-refractivity contribution in [3.05, 3.63) is 48.0 Å². The minimum atomic E-state index is 0.0291. The van der Waals surface area contributed by atoms with Gasteiger partial charge in [0.1, 0.15) is 0 Å². The molecule has 0 radical (unpaired) electrons. The topological polar surface area (TPSA) is 29.1 Å². The summed E-state index contributed by atoms with van der Waals surface area (Å²) in [6, 6.07) is 14.7. The van der Waals surface area contributed by atoms with Crippen LogP contribution in [0.1, 0.15) is 38.3 Å². The second-order valence-corrected chi connectivity index (χ2v) is 4.61. The number of amides is 1. The van der Waals surface area contributed by atoms with E-state index in [1.807, 2.05) is 12.1 Å². The summed E-state index contributed by atoms with van der Waals surface area (Å²) in [6.07, 6.45) is 2.02. The smallest absolute Gasteiger partial charge is 0.217 e. The lowest BCUT2D eigenvalue weighted by Gasteiger charge is -2.19. The molecule has 2 aromatic carbocycles. The van der Waals surface area contributed by atoms with Gasteiger partial charge in [-0.25, -0.2) is 0 Å². The quantitative estimate of drug-likeness (QED) is 0.866. The second kappa shape index (κ2) is 5.67. The lowest BCUT2D eigenvalue weighted by atomic mass is 9.96. The zero-order valence-corrected chi connectivity index (χ0v) is 10.9. The van der Waals surface area contributed by atoms with E-state index in [4.69, 9.17) is 0 Å². The number of nitrogens with one attached hydrogen (secondary N) is 1. The Morgan fingerprint density at radius 2 is 1.89 bits per heavy atom. The Morgan fingerprint density at radius 3 is 2.61 bits per heavy atom. The zero-order valence-electron chi connectivity index (χ0n) is 10.9. The Bertz CT molecular complexity index is 542. The van der Waals surface area contributed by atoms with E-state index in [2.05, 4.69) is 42.6 Å². The predicted octanol–water partition coefficient (Wildman–Crippen LogP) is 3.82.